The quantitative estimate of drug-likeness (QED) is 0.461. The molecular weight excluding hydrogens is 350 g/mol. The van der Waals surface area contributed by atoms with E-state index in [4.69, 9.17) is 11.6 Å². The second-order valence-corrected chi connectivity index (χ2v) is 6.53. The molecule has 1 heterocycles. The summed E-state index contributed by atoms with van der Waals surface area (Å²) < 4.78 is 1.74. The summed E-state index contributed by atoms with van der Waals surface area (Å²) in [6, 6.07) is 13.9. The van der Waals surface area contributed by atoms with Gasteiger partial charge in [-0.25, -0.2) is 0 Å². The number of aromatic hydroxyl groups is 1. The third-order valence-electron chi connectivity index (χ3n) is 3.93. The number of amides is 1. The van der Waals surface area contributed by atoms with Crippen molar-refractivity contribution < 1.29 is 9.90 Å². The second-order valence-electron chi connectivity index (χ2n) is 6.09. The Hall–Kier alpha value is -2.92. The van der Waals surface area contributed by atoms with Gasteiger partial charge in [0.2, 0.25) is 5.88 Å². The molecule has 0 saturated heterocycles. The number of allylic oxidation sites excluding steroid dienone is 2. The first kappa shape index (κ1) is 17.9. The van der Waals surface area contributed by atoms with Gasteiger partial charge in [0.05, 0.1) is 5.52 Å². The van der Waals surface area contributed by atoms with Crippen LogP contribution in [-0.2, 0) is 6.54 Å². The van der Waals surface area contributed by atoms with E-state index >= 15 is 0 Å². The molecule has 0 atom stereocenters. The Bertz CT molecular complexity index is 1010. The van der Waals surface area contributed by atoms with Gasteiger partial charge in [-0.2, -0.15) is 0 Å². The lowest BCUT2D eigenvalue weighted by atomic mass is 10.2. The fourth-order valence-electron chi connectivity index (χ4n) is 2.57. The highest BCUT2D eigenvalue weighted by atomic mass is 35.5. The summed E-state index contributed by atoms with van der Waals surface area (Å²) in [5.74, 6) is -0.515. The van der Waals surface area contributed by atoms with Gasteiger partial charge in [0.15, 0.2) is 5.69 Å². The summed E-state index contributed by atoms with van der Waals surface area (Å²) in [5.41, 5.74) is 2.63. The third kappa shape index (κ3) is 3.68. The number of carbonyl (C=O) groups is 1. The maximum atomic E-state index is 12.2. The molecule has 0 aliphatic rings. The minimum absolute atomic E-state index is 0.0173. The Morgan fingerprint density at radius 3 is 2.54 bits per heavy atom. The molecule has 5 nitrogen and oxygen atoms in total. The van der Waals surface area contributed by atoms with Crippen LogP contribution in [0.5, 0.6) is 5.88 Å². The molecule has 132 valence electrons. The molecule has 2 aromatic carbocycles. The number of fused-ring (bicyclic) bond motifs is 1. The summed E-state index contributed by atoms with van der Waals surface area (Å²) in [6.07, 6.45) is 2.01. The average molecular weight is 368 g/mol. The molecule has 0 saturated carbocycles. The number of hydrogen-bond acceptors (Lipinski definition) is 3. The van der Waals surface area contributed by atoms with Crippen molar-refractivity contribution in [2.45, 2.75) is 20.4 Å². The van der Waals surface area contributed by atoms with Crippen molar-refractivity contribution >= 4 is 34.1 Å². The zero-order valence-corrected chi connectivity index (χ0v) is 15.2. The number of nitrogens with zero attached hydrogens (tertiary/aromatic N) is 3. The first-order chi connectivity index (χ1) is 12.5. The predicted molar refractivity (Wildman–Crippen MR) is 103 cm³/mol. The molecule has 0 fully saturated rings. The van der Waals surface area contributed by atoms with Gasteiger partial charge in [0, 0.05) is 22.5 Å². The molecule has 0 aliphatic carbocycles. The van der Waals surface area contributed by atoms with E-state index in [1.807, 2.05) is 44.2 Å². The highest BCUT2D eigenvalue weighted by Gasteiger charge is 2.16. The Kier molecular flexibility index (Phi) is 5.19. The number of rotatable bonds is 4. The van der Waals surface area contributed by atoms with E-state index in [1.54, 1.807) is 28.8 Å². The normalized spacial score (nSPS) is 11.2. The van der Waals surface area contributed by atoms with Crippen LogP contribution in [0.3, 0.4) is 0 Å². The lowest BCUT2D eigenvalue weighted by molar-refractivity contribution is 0.0995. The number of para-hydroxylation sites is 1. The molecule has 0 aliphatic heterocycles. The lowest BCUT2D eigenvalue weighted by Gasteiger charge is -2.03. The van der Waals surface area contributed by atoms with E-state index in [1.165, 1.54) is 0 Å². The van der Waals surface area contributed by atoms with Gasteiger partial charge in [-0.15, -0.1) is 10.2 Å². The molecule has 0 spiro atoms. The molecule has 0 bridgehead atoms. The van der Waals surface area contributed by atoms with Crippen LogP contribution in [0.15, 0.2) is 70.4 Å². The van der Waals surface area contributed by atoms with E-state index in [-0.39, 0.29) is 11.6 Å². The molecule has 3 rings (SSSR count). The lowest BCUT2D eigenvalue weighted by Crippen LogP contribution is -1.94. The molecule has 1 amide bonds. The third-order valence-corrected chi connectivity index (χ3v) is 4.18. The monoisotopic (exact) mass is 367 g/mol. The number of azo groups is 1. The number of aromatic nitrogens is 1. The van der Waals surface area contributed by atoms with Crippen LogP contribution in [0.25, 0.3) is 10.9 Å². The van der Waals surface area contributed by atoms with E-state index < -0.39 is 5.91 Å². The van der Waals surface area contributed by atoms with Gasteiger partial charge >= 0.3 is 0 Å². The van der Waals surface area contributed by atoms with Gasteiger partial charge in [0.1, 0.15) is 0 Å². The summed E-state index contributed by atoms with van der Waals surface area (Å²) in [4.78, 5) is 12.2. The summed E-state index contributed by atoms with van der Waals surface area (Å²) in [7, 11) is 0. The van der Waals surface area contributed by atoms with Crippen LogP contribution in [0.2, 0.25) is 5.02 Å². The summed E-state index contributed by atoms with van der Waals surface area (Å²) in [5, 5.41) is 19.7. The predicted octanol–water partition coefficient (Wildman–Crippen LogP) is 5.89. The maximum absolute atomic E-state index is 12.2. The fraction of sp³-hybridized carbons (Fsp3) is 0.150. The largest absolute Gasteiger partial charge is 0.493 e. The molecule has 3 aromatic rings. The van der Waals surface area contributed by atoms with Crippen molar-refractivity contribution in [3.63, 3.8) is 0 Å². The molecule has 6 heteroatoms. The molecule has 1 aromatic heterocycles. The van der Waals surface area contributed by atoms with Crippen LogP contribution >= 0.6 is 11.6 Å². The summed E-state index contributed by atoms with van der Waals surface area (Å²) in [6.45, 7) is 4.50. The van der Waals surface area contributed by atoms with Crippen LogP contribution in [0, 0.1) is 0 Å². The minimum atomic E-state index is -0.498. The van der Waals surface area contributed by atoms with Gasteiger partial charge in [-0.1, -0.05) is 41.4 Å². The standard InChI is InChI=1S/C20H18ClN3O2/c1-13(2)11-12-24-17-6-4-3-5-16(17)18(20(24)26)22-23-19(25)14-7-9-15(21)10-8-14/h3-11,26H,12H2,1-2H3. The molecule has 26 heavy (non-hydrogen) atoms. The van der Waals surface area contributed by atoms with Gasteiger partial charge in [-0.3, -0.25) is 4.79 Å². The molecule has 1 N–H and O–H groups in total. The second kappa shape index (κ2) is 7.54. The number of carbonyl (C=O) groups excluding carboxylic acids is 1. The van der Waals surface area contributed by atoms with Crippen molar-refractivity contribution in [2.24, 2.45) is 10.2 Å². The topological polar surface area (TPSA) is 66.9 Å². The van der Waals surface area contributed by atoms with E-state index in [2.05, 4.69) is 10.2 Å². The number of benzene rings is 2. The SMILES string of the molecule is CC(C)=CCn1c(O)c(N=NC(=O)c2ccc(Cl)cc2)c2ccccc21. The maximum Gasteiger partial charge on any atom is 0.295 e. The van der Waals surface area contributed by atoms with Gasteiger partial charge < -0.3 is 9.67 Å². The minimum Gasteiger partial charge on any atom is -0.493 e. The zero-order chi connectivity index (χ0) is 18.7. The van der Waals surface area contributed by atoms with Crippen molar-refractivity contribution in [1.82, 2.24) is 4.57 Å². The van der Waals surface area contributed by atoms with Gasteiger partial charge in [-0.05, 0) is 44.2 Å². The van der Waals surface area contributed by atoms with Crippen LogP contribution < -0.4 is 0 Å². The fourth-order valence-corrected chi connectivity index (χ4v) is 2.70. The van der Waals surface area contributed by atoms with Crippen molar-refractivity contribution in [1.29, 1.82) is 0 Å². The Morgan fingerprint density at radius 1 is 1.15 bits per heavy atom. The molecular formula is C20H18ClN3O2. The van der Waals surface area contributed by atoms with E-state index in [0.717, 1.165) is 16.5 Å². The molecule has 0 radical (unpaired) electrons. The van der Waals surface area contributed by atoms with Crippen molar-refractivity contribution in [2.75, 3.05) is 0 Å². The number of hydrogen-bond donors (Lipinski definition) is 1. The van der Waals surface area contributed by atoms with Crippen LogP contribution in [0.1, 0.15) is 24.2 Å². The van der Waals surface area contributed by atoms with E-state index in [0.29, 0.717) is 17.1 Å². The first-order valence-electron chi connectivity index (χ1n) is 8.12. The van der Waals surface area contributed by atoms with Gasteiger partial charge in [0.25, 0.3) is 5.91 Å². The average Bonchev–Trinajstić information content (AvgIpc) is 2.89. The van der Waals surface area contributed by atoms with Crippen molar-refractivity contribution in [3.05, 3.63) is 70.8 Å². The number of halogens is 1. The Labute approximate surface area is 156 Å². The zero-order valence-electron chi connectivity index (χ0n) is 14.5. The van der Waals surface area contributed by atoms with Crippen LogP contribution in [0.4, 0.5) is 5.69 Å². The van der Waals surface area contributed by atoms with Crippen LogP contribution in [-0.4, -0.2) is 15.6 Å². The Morgan fingerprint density at radius 2 is 1.85 bits per heavy atom. The Balaban J connectivity index is 1.99. The molecule has 0 unspecified atom stereocenters. The smallest absolute Gasteiger partial charge is 0.295 e. The van der Waals surface area contributed by atoms with Crippen molar-refractivity contribution in [3.8, 4) is 5.88 Å². The highest BCUT2D eigenvalue weighted by molar-refractivity contribution is 6.30. The highest BCUT2D eigenvalue weighted by Crippen LogP contribution is 2.38. The first-order valence-corrected chi connectivity index (χ1v) is 8.50. The van der Waals surface area contributed by atoms with E-state index in [9.17, 15) is 9.90 Å². The summed E-state index contributed by atoms with van der Waals surface area (Å²) >= 11 is 5.82.